The maximum Gasteiger partial charge on any atom is 0.339 e. The Balaban J connectivity index is 2.26. The number of aromatic carboxylic acids is 1. The zero-order valence-electron chi connectivity index (χ0n) is 9.81. The number of carbonyl (C=O) groups is 1. The number of benzene rings is 1. The number of carboxylic acids is 1. The molecule has 100 valence electrons. The molecule has 1 aromatic carbocycles. The van der Waals surface area contributed by atoms with Gasteiger partial charge in [0.15, 0.2) is 5.75 Å². The molecule has 0 saturated heterocycles. The van der Waals surface area contributed by atoms with Crippen molar-refractivity contribution in [2.45, 2.75) is 13.5 Å². The molecule has 0 aliphatic rings. The summed E-state index contributed by atoms with van der Waals surface area (Å²) in [6.07, 6.45) is 0. The van der Waals surface area contributed by atoms with E-state index in [-0.39, 0.29) is 28.0 Å². The van der Waals surface area contributed by atoms with Crippen molar-refractivity contribution in [1.29, 1.82) is 0 Å². The van der Waals surface area contributed by atoms with E-state index in [1.165, 1.54) is 23.5 Å². The molecule has 0 atom stereocenters. The number of halogens is 2. The van der Waals surface area contributed by atoms with Gasteiger partial charge in [0.1, 0.15) is 12.2 Å². The SMILES string of the molecule is Cc1nc(COc2c(Cl)cc(Cl)cc2C(=O)O)cs1. The van der Waals surface area contributed by atoms with Crippen LogP contribution in [0.15, 0.2) is 17.5 Å². The summed E-state index contributed by atoms with van der Waals surface area (Å²) in [5, 5.41) is 12.3. The average Bonchev–Trinajstić information content (AvgIpc) is 2.73. The van der Waals surface area contributed by atoms with E-state index in [4.69, 9.17) is 33.0 Å². The summed E-state index contributed by atoms with van der Waals surface area (Å²) >= 11 is 13.2. The van der Waals surface area contributed by atoms with Crippen molar-refractivity contribution < 1.29 is 14.6 Å². The van der Waals surface area contributed by atoms with Crippen LogP contribution >= 0.6 is 34.5 Å². The fraction of sp³-hybridized carbons (Fsp3) is 0.167. The molecule has 0 aliphatic heterocycles. The van der Waals surface area contributed by atoms with Crippen molar-refractivity contribution in [3.8, 4) is 5.75 Å². The van der Waals surface area contributed by atoms with Gasteiger partial charge in [-0.2, -0.15) is 0 Å². The molecule has 0 unspecified atom stereocenters. The van der Waals surface area contributed by atoms with E-state index >= 15 is 0 Å². The van der Waals surface area contributed by atoms with Crippen molar-refractivity contribution in [3.05, 3.63) is 43.8 Å². The molecule has 0 bridgehead atoms. The van der Waals surface area contributed by atoms with E-state index in [2.05, 4.69) is 4.98 Å². The van der Waals surface area contributed by atoms with Crippen LogP contribution in [0.1, 0.15) is 21.1 Å². The Bertz CT molecular complexity index is 627. The lowest BCUT2D eigenvalue weighted by Crippen LogP contribution is -2.04. The highest BCUT2D eigenvalue weighted by Gasteiger charge is 2.17. The van der Waals surface area contributed by atoms with Crippen LogP contribution in [0, 0.1) is 6.92 Å². The standard InChI is InChI=1S/C12H9Cl2NO3S/c1-6-15-8(5-19-6)4-18-11-9(12(16)17)2-7(13)3-10(11)14/h2-3,5H,4H2,1H3,(H,16,17). The first-order chi connectivity index (χ1) is 8.97. The first kappa shape index (κ1) is 14.1. The topological polar surface area (TPSA) is 59.4 Å². The predicted molar refractivity (Wildman–Crippen MR) is 74.6 cm³/mol. The maximum absolute atomic E-state index is 11.1. The summed E-state index contributed by atoms with van der Waals surface area (Å²) in [5.74, 6) is -1.04. The van der Waals surface area contributed by atoms with Gasteiger partial charge in [-0.25, -0.2) is 9.78 Å². The van der Waals surface area contributed by atoms with Gasteiger partial charge in [-0.15, -0.1) is 11.3 Å². The van der Waals surface area contributed by atoms with Gasteiger partial charge in [0.25, 0.3) is 0 Å². The molecule has 0 saturated carbocycles. The molecular formula is C12H9Cl2NO3S. The van der Waals surface area contributed by atoms with Gasteiger partial charge >= 0.3 is 5.97 Å². The fourth-order valence-electron chi connectivity index (χ4n) is 1.49. The third kappa shape index (κ3) is 3.37. The average molecular weight is 318 g/mol. The van der Waals surface area contributed by atoms with E-state index < -0.39 is 5.97 Å². The fourth-order valence-corrected chi connectivity index (χ4v) is 2.63. The largest absolute Gasteiger partial charge is 0.485 e. The zero-order valence-corrected chi connectivity index (χ0v) is 12.1. The first-order valence-electron chi connectivity index (χ1n) is 5.23. The minimum Gasteiger partial charge on any atom is -0.485 e. The van der Waals surface area contributed by atoms with E-state index in [1.54, 1.807) is 0 Å². The molecule has 2 aromatic rings. The van der Waals surface area contributed by atoms with E-state index in [1.807, 2.05) is 12.3 Å². The van der Waals surface area contributed by atoms with Gasteiger partial charge in [-0.3, -0.25) is 0 Å². The van der Waals surface area contributed by atoms with Crippen molar-refractivity contribution in [2.75, 3.05) is 0 Å². The van der Waals surface area contributed by atoms with Crippen molar-refractivity contribution in [2.24, 2.45) is 0 Å². The molecular weight excluding hydrogens is 309 g/mol. The Hall–Kier alpha value is -1.30. The van der Waals surface area contributed by atoms with Crippen molar-refractivity contribution in [1.82, 2.24) is 4.98 Å². The highest BCUT2D eigenvalue weighted by atomic mass is 35.5. The van der Waals surface area contributed by atoms with E-state index in [9.17, 15) is 4.79 Å². The van der Waals surface area contributed by atoms with Crippen LogP contribution in [0.5, 0.6) is 5.75 Å². The predicted octanol–water partition coefficient (Wildman–Crippen LogP) is 4.04. The van der Waals surface area contributed by atoms with Crippen LogP contribution < -0.4 is 4.74 Å². The number of nitrogens with zero attached hydrogens (tertiary/aromatic N) is 1. The van der Waals surface area contributed by atoms with Crippen LogP contribution in [-0.2, 0) is 6.61 Å². The number of rotatable bonds is 4. The normalized spacial score (nSPS) is 10.5. The Morgan fingerprint density at radius 1 is 1.47 bits per heavy atom. The molecule has 2 rings (SSSR count). The summed E-state index contributed by atoms with van der Waals surface area (Å²) in [6.45, 7) is 2.04. The number of hydrogen-bond donors (Lipinski definition) is 1. The lowest BCUT2D eigenvalue weighted by atomic mass is 10.2. The van der Waals surface area contributed by atoms with Crippen molar-refractivity contribution in [3.63, 3.8) is 0 Å². The second-order valence-electron chi connectivity index (χ2n) is 3.72. The Labute approximate surface area is 123 Å². The third-order valence-corrected chi connectivity index (χ3v) is 3.59. The molecule has 0 radical (unpaired) electrons. The summed E-state index contributed by atoms with van der Waals surface area (Å²) in [4.78, 5) is 15.4. The molecule has 1 N–H and O–H groups in total. The summed E-state index contributed by atoms with van der Waals surface area (Å²) in [5.41, 5.74) is 0.661. The summed E-state index contributed by atoms with van der Waals surface area (Å²) in [7, 11) is 0. The van der Waals surface area contributed by atoms with Crippen LogP contribution in [-0.4, -0.2) is 16.1 Å². The van der Waals surface area contributed by atoms with E-state index in [0.717, 1.165) is 10.7 Å². The van der Waals surface area contributed by atoms with Crippen LogP contribution in [0.4, 0.5) is 0 Å². The lowest BCUT2D eigenvalue weighted by molar-refractivity contribution is 0.0691. The molecule has 7 heteroatoms. The quantitative estimate of drug-likeness (QED) is 0.924. The highest BCUT2D eigenvalue weighted by Crippen LogP contribution is 2.33. The zero-order chi connectivity index (χ0) is 14.0. The number of hydrogen-bond acceptors (Lipinski definition) is 4. The van der Waals surface area contributed by atoms with Crippen LogP contribution in [0.2, 0.25) is 10.0 Å². The lowest BCUT2D eigenvalue weighted by Gasteiger charge is -2.10. The number of thiazole rings is 1. The number of carboxylic acid groups (broad SMARTS) is 1. The van der Waals surface area contributed by atoms with Gasteiger partial charge in [-0.1, -0.05) is 23.2 Å². The number of aryl methyl sites for hydroxylation is 1. The molecule has 1 heterocycles. The molecule has 1 aromatic heterocycles. The Kier molecular flexibility index (Phi) is 4.29. The third-order valence-electron chi connectivity index (χ3n) is 2.27. The van der Waals surface area contributed by atoms with Crippen LogP contribution in [0.25, 0.3) is 0 Å². The minimum atomic E-state index is -1.14. The maximum atomic E-state index is 11.1. The number of aromatic nitrogens is 1. The van der Waals surface area contributed by atoms with E-state index in [0.29, 0.717) is 0 Å². The molecule has 0 amide bonds. The van der Waals surface area contributed by atoms with Gasteiger partial charge < -0.3 is 9.84 Å². The van der Waals surface area contributed by atoms with Crippen LogP contribution in [0.3, 0.4) is 0 Å². The number of ether oxygens (including phenoxy) is 1. The van der Waals surface area contributed by atoms with Gasteiger partial charge in [0.05, 0.1) is 15.7 Å². The highest BCUT2D eigenvalue weighted by molar-refractivity contribution is 7.09. The second kappa shape index (κ2) is 5.77. The minimum absolute atomic E-state index is 0.0653. The second-order valence-corrected chi connectivity index (χ2v) is 5.62. The molecule has 19 heavy (non-hydrogen) atoms. The molecule has 4 nitrogen and oxygen atoms in total. The van der Waals surface area contributed by atoms with Crippen molar-refractivity contribution >= 4 is 40.5 Å². The monoisotopic (exact) mass is 317 g/mol. The molecule has 0 aliphatic carbocycles. The Morgan fingerprint density at radius 3 is 2.79 bits per heavy atom. The first-order valence-corrected chi connectivity index (χ1v) is 6.87. The summed E-state index contributed by atoms with van der Waals surface area (Å²) < 4.78 is 5.46. The van der Waals surface area contributed by atoms with Gasteiger partial charge in [0.2, 0.25) is 0 Å². The molecule has 0 spiro atoms. The summed E-state index contributed by atoms with van der Waals surface area (Å²) in [6, 6.07) is 2.74. The Morgan fingerprint density at radius 2 is 2.21 bits per heavy atom. The smallest absolute Gasteiger partial charge is 0.339 e. The molecule has 0 fully saturated rings. The van der Waals surface area contributed by atoms with Gasteiger partial charge in [-0.05, 0) is 19.1 Å². The van der Waals surface area contributed by atoms with Gasteiger partial charge in [0, 0.05) is 10.4 Å².